The van der Waals surface area contributed by atoms with E-state index in [0.29, 0.717) is 12.5 Å². The van der Waals surface area contributed by atoms with Crippen LogP contribution in [0.1, 0.15) is 31.8 Å². The van der Waals surface area contributed by atoms with Gasteiger partial charge < -0.3 is 21.1 Å². The predicted molar refractivity (Wildman–Crippen MR) is 119 cm³/mol. The highest BCUT2D eigenvalue weighted by Crippen LogP contribution is 2.29. The molecule has 6 nitrogen and oxygen atoms in total. The van der Waals surface area contributed by atoms with Gasteiger partial charge in [0.1, 0.15) is 6.10 Å². The molecule has 2 rings (SSSR count). The van der Waals surface area contributed by atoms with Crippen LogP contribution in [-0.4, -0.2) is 42.6 Å². The predicted octanol–water partition coefficient (Wildman–Crippen LogP) is 2.63. The summed E-state index contributed by atoms with van der Waals surface area (Å²) in [5.74, 6) is 0.365. The van der Waals surface area contributed by atoms with Gasteiger partial charge in [-0.2, -0.15) is 0 Å². The van der Waals surface area contributed by atoms with Crippen LogP contribution in [0.4, 0.5) is 0 Å². The fourth-order valence-corrected chi connectivity index (χ4v) is 3.36. The number of halogens is 1. The first-order valence-corrected chi connectivity index (χ1v) is 9.02. The number of nitrogens with one attached hydrogen (secondary N) is 3. The second kappa shape index (κ2) is 10.1. The Morgan fingerprint density at radius 1 is 1.27 bits per heavy atom. The van der Waals surface area contributed by atoms with Crippen LogP contribution in [0.15, 0.2) is 35.3 Å². The molecule has 1 amide bonds. The van der Waals surface area contributed by atoms with E-state index in [0.717, 1.165) is 15.0 Å². The number of thiophene rings is 1. The van der Waals surface area contributed by atoms with Gasteiger partial charge in [-0.25, -0.2) is 0 Å². The average Bonchev–Trinajstić information content (AvgIpc) is 2.97. The van der Waals surface area contributed by atoms with E-state index in [4.69, 9.17) is 0 Å². The second-order valence-electron chi connectivity index (χ2n) is 6.81. The topological polar surface area (TPSA) is 85.8 Å². The highest BCUT2D eigenvalue weighted by molar-refractivity contribution is 14.0. The first-order chi connectivity index (χ1) is 11.8. The maximum atomic E-state index is 11.8. The molecule has 4 N–H and O–H groups in total. The van der Waals surface area contributed by atoms with Crippen molar-refractivity contribution in [3.8, 4) is 0 Å². The Kier molecular flexibility index (Phi) is 8.78. The highest BCUT2D eigenvalue weighted by atomic mass is 127. The Morgan fingerprint density at radius 2 is 1.96 bits per heavy atom. The van der Waals surface area contributed by atoms with Crippen LogP contribution in [-0.2, 0) is 4.79 Å². The van der Waals surface area contributed by atoms with Gasteiger partial charge >= 0.3 is 0 Å². The molecule has 8 heteroatoms. The minimum atomic E-state index is -0.639. The van der Waals surface area contributed by atoms with Gasteiger partial charge in [0.15, 0.2) is 5.96 Å². The van der Waals surface area contributed by atoms with Crippen LogP contribution in [0.5, 0.6) is 0 Å². The van der Waals surface area contributed by atoms with Crippen LogP contribution in [0, 0.1) is 0 Å². The minimum Gasteiger partial charge on any atom is -0.386 e. The minimum absolute atomic E-state index is 0. The largest absolute Gasteiger partial charge is 0.386 e. The van der Waals surface area contributed by atoms with E-state index in [1.165, 1.54) is 0 Å². The molecule has 1 aromatic carbocycles. The number of aliphatic hydroxyl groups is 1. The van der Waals surface area contributed by atoms with Gasteiger partial charge in [0.2, 0.25) is 5.91 Å². The zero-order valence-corrected chi connectivity index (χ0v) is 18.6. The van der Waals surface area contributed by atoms with Crippen molar-refractivity contribution in [1.82, 2.24) is 16.0 Å². The number of carbonyl (C=O) groups excluding carboxylic acids is 1. The first kappa shape index (κ1) is 22.7. The third-order valence-corrected chi connectivity index (χ3v) is 4.61. The standard InChI is InChI=1S/C18H26N4O2S.HI/c1-18(2,3)22-16(24)11-21-17(19-4)20-10-13(23)15-9-12-7-5-6-8-14(12)25-15;/h5-9,13,23H,10-11H2,1-4H3,(H,22,24)(H2,19,20,21);1H. The summed E-state index contributed by atoms with van der Waals surface area (Å²) in [6, 6.07) is 10.0. The molecule has 0 aliphatic heterocycles. The molecule has 0 bridgehead atoms. The van der Waals surface area contributed by atoms with Crippen LogP contribution >= 0.6 is 35.3 Å². The van der Waals surface area contributed by atoms with Crippen molar-refractivity contribution in [1.29, 1.82) is 0 Å². The number of aliphatic hydroxyl groups excluding tert-OH is 1. The monoisotopic (exact) mass is 490 g/mol. The van der Waals surface area contributed by atoms with Gasteiger partial charge in [0, 0.05) is 28.7 Å². The average molecular weight is 490 g/mol. The van der Waals surface area contributed by atoms with Crippen LogP contribution in [0.3, 0.4) is 0 Å². The summed E-state index contributed by atoms with van der Waals surface area (Å²) in [7, 11) is 1.63. The normalized spacial score (nSPS) is 13.0. The summed E-state index contributed by atoms with van der Waals surface area (Å²) in [5, 5.41) is 20.4. The molecule has 0 aliphatic rings. The third kappa shape index (κ3) is 7.08. The summed E-state index contributed by atoms with van der Waals surface area (Å²) < 4.78 is 1.15. The Hall–Kier alpha value is -1.39. The van der Waals surface area contributed by atoms with Crippen molar-refractivity contribution >= 4 is 57.3 Å². The maximum absolute atomic E-state index is 11.8. The smallest absolute Gasteiger partial charge is 0.239 e. The van der Waals surface area contributed by atoms with Crippen molar-refractivity contribution in [2.24, 2.45) is 4.99 Å². The Bertz CT molecular complexity index is 722. The number of amides is 1. The lowest BCUT2D eigenvalue weighted by Crippen LogP contribution is -2.48. The quantitative estimate of drug-likeness (QED) is 0.295. The fraction of sp³-hybridized carbons (Fsp3) is 0.444. The number of carbonyl (C=O) groups is 1. The Labute approximate surface area is 175 Å². The molecule has 0 saturated heterocycles. The summed E-state index contributed by atoms with van der Waals surface area (Å²) in [4.78, 5) is 16.8. The fourth-order valence-electron chi connectivity index (χ4n) is 2.31. The Balaban J connectivity index is 0.00000338. The van der Waals surface area contributed by atoms with E-state index in [2.05, 4.69) is 20.9 Å². The van der Waals surface area contributed by atoms with Gasteiger partial charge in [-0.3, -0.25) is 9.79 Å². The highest BCUT2D eigenvalue weighted by Gasteiger charge is 2.15. The zero-order valence-electron chi connectivity index (χ0n) is 15.5. The molecule has 0 saturated carbocycles. The molecule has 0 radical (unpaired) electrons. The lowest BCUT2D eigenvalue weighted by atomic mass is 10.1. The van der Waals surface area contributed by atoms with Gasteiger partial charge in [-0.05, 0) is 38.3 Å². The van der Waals surface area contributed by atoms with E-state index in [1.807, 2.05) is 51.1 Å². The molecule has 26 heavy (non-hydrogen) atoms. The number of hydrogen-bond acceptors (Lipinski definition) is 4. The molecule has 1 atom stereocenters. The van der Waals surface area contributed by atoms with Gasteiger partial charge in [0.25, 0.3) is 0 Å². The van der Waals surface area contributed by atoms with Crippen molar-refractivity contribution in [3.63, 3.8) is 0 Å². The van der Waals surface area contributed by atoms with Crippen molar-refractivity contribution in [2.45, 2.75) is 32.4 Å². The van der Waals surface area contributed by atoms with E-state index in [-0.39, 0.29) is 42.0 Å². The van der Waals surface area contributed by atoms with Gasteiger partial charge in [-0.15, -0.1) is 35.3 Å². The van der Waals surface area contributed by atoms with E-state index < -0.39 is 6.10 Å². The van der Waals surface area contributed by atoms with Crippen LogP contribution in [0.2, 0.25) is 0 Å². The summed E-state index contributed by atoms with van der Waals surface area (Å²) in [6.45, 7) is 6.22. The lowest BCUT2D eigenvalue weighted by Gasteiger charge is -2.21. The van der Waals surface area contributed by atoms with Crippen molar-refractivity contribution in [3.05, 3.63) is 35.2 Å². The molecule has 0 fully saturated rings. The lowest BCUT2D eigenvalue weighted by molar-refractivity contribution is -0.121. The van der Waals surface area contributed by atoms with Crippen molar-refractivity contribution < 1.29 is 9.90 Å². The van der Waals surface area contributed by atoms with Crippen LogP contribution in [0.25, 0.3) is 10.1 Å². The molecule has 144 valence electrons. The molecule has 0 aliphatic carbocycles. The van der Waals surface area contributed by atoms with Gasteiger partial charge in [0.05, 0.1) is 6.54 Å². The number of aliphatic imine (C=N–C) groups is 1. The number of guanidine groups is 1. The molecular formula is C18H27IN4O2S. The van der Waals surface area contributed by atoms with Crippen LogP contribution < -0.4 is 16.0 Å². The zero-order chi connectivity index (χ0) is 18.4. The number of fused-ring (bicyclic) bond motifs is 1. The van der Waals surface area contributed by atoms with Gasteiger partial charge in [-0.1, -0.05) is 18.2 Å². The SMILES string of the molecule is CN=C(NCC(=O)NC(C)(C)C)NCC(O)c1cc2ccccc2s1.I. The second-order valence-corrected chi connectivity index (χ2v) is 7.92. The molecular weight excluding hydrogens is 463 g/mol. The molecule has 2 aromatic rings. The summed E-state index contributed by atoms with van der Waals surface area (Å²) in [5.41, 5.74) is -0.271. The summed E-state index contributed by atoms with van der Waals surface area (Å²) >= 11 is 1.57. The number of rotatable bonds is 5. The molecule has 1 unspecified atom stereocenters. The number of nitrogens with zero attached hydrogens (tertiary/aromatic N) is 1. The first-order valence-electron chi connectivity index (χ1n) is 8.20. The molecule has 1 heterocycles. The van der Waals surface area contributed by atoms with E-state index in [1.54, 1.807) is 18.4 Å². The van der Waals surface area contributed by atoms with E-state index >= 15 is 0 Å². The molecule has 1 aromatic heterocycles. The van der Waals surface area contributed by atoms with E-state index in [9.17, 15) is 9.90 Å². The molecule has 0 spiro atoms. The Morgan fingerprint density at radius 3 is 2.58 bits per heavy atom. The summed E-state index contributed by atoms with van der Waals surface area (Å²) in [6.07, 6.45) is -0.639. The maximum Gasteiger partial charge on any atom is 0.239 e. The van der Waals surface area contributed by atoms with Crippen molar-refractivity contribution in [2.75, 3.05) is 20.1 Å². The number of benzene rings is 1. The number of hydrogen-bond donors (Lipinski definition) is 4. The third-order valence-electron chi connectivity index (χ3n) is 3.39.